The lowest BCUT2D eigenvalue weighted by molar-refractivity contribution is -0.122. The summed E-state index contributed by atoms with van der Waals surface area (Å²) in [6, 6.07) is 0. The molecule has 22 heavy (non-hydrogen) atoms. The molecule has 0 bridgehead atoms. The number of fused-ring (bicyclic) bond motifs is 5. The molecular formula is C20H32O2. The van der Waals surface area contributed by atoms with Crippen molar-refractivity contribution in [1.29, 1.82) is 0 Å². The van der Waals surface area contributed by atoms with Crippen LogP contribution >= 0.6 is 0 Å². The standard InChI is InChI=1S/C20H32O2/c1-12-10-13-11-14(21)6-8-19(13,2)16-7-9-20(3)15(18(12)16)4-5-17(20)22/h6,8,12-18,21-22H,4-5,7,9-11H2,1-3H3/t12-,13?,14-,15-,16-,17-,18-,19-,20-/m0/s1. The second-order valence-electron chi connectivity index (χ2n) is 9.37. The molecule has 9 atom stereocenters. The molecule has 4 aliphatic rings. The Labute approximate surface area is 135 Å². The third kappa shape index (κ3) is 1.86. The summed E-state index contributed by atoms with van der Waals surface area (Å²) in [5, 5.41) is 20.6. The zero-order valence-electron chi connectivity index (χ0n) is 14.3. The van der Waals surface area contributed by atoms with Gasteiger partial charge in [-0.1, -0.05) is 32.9 Å². The van der Waals surface area contributed by atoms with Crippen LogP contribution in [0.3, 0.4) is 0 Å². The zero-order valence-corrected chi connectivity index (χ0v) is 14.3. The molecule has 0 aromatic heterocycles. The Hall–Kier alpha value is -0.340. The molecule has 2 heteroatoms. The van der Waals surface area contributed by atoms with Gasteiger partial charge in [0.05, 0.1) is 12.2 Å². The van der Waals surface area contributed by atoms with Gasteiger partial charge < -0.3 is 10.2 Å². The highest BCUT2D eigenvalue weighted by molar-refractivity contribution is 5.18. The van der Waals surface area contributed by atoms with Crippen molar-refractivity contribution in [3.05, 3.63) is 12.2 Å². The van der Waals surface area contributed by atoms with Crippen LogP contribution in [-0.4, -0.2) is 22.4 Å². The topological polar surface area (TPSA) is 40.5 Å². The largest absolute Gasteiger partial charge is 0.393 e. The summed E-state index contributed by atoms with van der Waals surface area (Å²) in [6.45, 7) is 7.25. The molecule has 0 radical (unpaired) electrons. The Morgan fingerprint density at radius 3 is 2.55 bits per heavy atom. The molecule has 124 valence electrons. The van der Waals surface area contributed by atoms with Gasteiger partial charge in [-0.15, -0.1) is 0 Å². The van der Waals surface area contributed by atoms with Crippen molar-refractivity contribution in [2.75, 3.05) is 0 Å². The van der Waals surface area contributed by atoms with Gasteiger partial charge in [0.25, 0.3) is 0 Å². The van der Waals surface area contributed by atoms with Crippen LogP contribution in [0.25, 0.3) is 0 Å². The Balaban J connectivity index is 1.71. The zero-order chi connectivity index (χ0) is 15.7. The second-order valence-corrected chi connectivity index (χ2v) is 9.37. The van der Waals surface area contributed by atoms with Crippen molar-refractivity contribution in [3.8, 4) is 0 Å². The summed E-state index contributed by atoms with van der Waals surface area (Å²) >= 11 is 0. The first-order valence-corrected chi connectivity index (χ1v) is 9.42. The summed E-state index contributed by atoms with van der Waals surface area (Å²) < 4.78 is 0. The van der Waals surface area contributed by atoms with Crippen LogP contribution in [0.15, 0.2) is 12.2 Å². The van der Waals surface area contributed by atoms with Gasteiger partial charge in [0.2, 0.25) is 0 Å². The molecule has 4 aliphatic carbocycles. The minimum Gasteiger partial charge on any atom is -0.393 e. The fourth-order valence-corrected chi connectivity index (χ4v) is 7.15. The summed E-state index contributed by atoms with van der Waals surface area (Å²) in [5.41, 5.74) is 0.432. The summed E-state index contributed by atoms with van der Waals surface area (Å²) in [5.74, 6) is 3.58. The highest BCUT2D eigenvalue weighted by Gasteiger charge is 2.61. The van der Waals surface area contributed by atoms with Gasteiger partial charge in [0.1, 0.15) is 0 Å². The molecule has 0 aromatic carbocycles. The molecule has 0 amide bonds. The lowest BCUT2D eigenvalue weighted by atomic mass is 9.44. The van der Waals surface area contributed by atoms with Crippen LogP contribution in [-0.2, 0) is 0 Å². The predicted molar refractivity (Wildman–Crippen MR) is 88.2 cm³/mol. The molecule has 0 aliphatic heterocycles. The number of hydrogen-bond donors (Lipinski definition) is 2. The molecule has 0 saturated heterocycles. The number of allylic oxidation sites excluding steroid dienone is 1. The summed E-state index contributed by atoms with van der Waals surface area (Å²) in [4.78, 5) is 0. The van der Waals surface area contributed by atoms with E-state index in [1.807, 2.05) is 0 Å². The quantitative estimate of drug-likeness (QED) is 0.669. The van der Waals surface area contributed by atoms with Crippen LogP contribution in [0.1, 0.15) is 59.3 Å². The molecule has 0 heterocycles. The van der Waals surface area contributed by atoms with E-state index in [0.717, 1.165) is 30.6 Å². The van der Waals surface area contributed by atoms with Gasteiger partial charge >= 0.3 is 0 Å². The van der Waals surface area contributed by atoms with E-state index in [1.54, 1.807) is 0 Å². The Kier molecular flexibility index (Phi) is 3.34. The van der Waals surface area contributed by atoms with Crippen LogP contribution in [0.5, 0.6) is 0 Å². The van der Waals surface area contributed by atoms with E-state index in [0.29, 0.717) is 11.8 Å². The van der Waals surface area contributed by atoms with Crippen LogP contribution < -0.4 is 0 Å². The molecule has 0 aromatic rings. The van der Waals surface area contributed by atoms with Crippen molar-refractivity contribution >= 4 is 0 Å². The van der Waals surface area contributed by atoms with E-state index in [2.05, 4.69) is 32.9 Å². The number of hydrogen-bond acceptors (Lipinski definition) is 2. The maximum Gasteiger partial charge on any atom is 0.0724 e. The van der Waals surface area contributed by atoms with Crippen LogP contribution in [0.2, 0.25) is 0 Å². The molecule has 0 spiro atoms. The lowest BCUT2D eigenvalue weighted by Gasteiger charge is -2.61. The SMILES string of the molecule is C[C@H]1CC2C[C@@H](O)C=C[C@]2(C)[C@H]2CC[C@]3(C)[C@@H](O)CC[C@H]3[C@H]12. The normalized spacial score (nSPS) is 60.5. The first-order chi connectivity index (χ1) is 10.4. The first-order valence-electron chi connectivity index (χ1n) is 9.42. The maximum absolute atomic E-state index is 10.5. The Morgan fingerprint density at radius 2 is 1.77 bits per heavy atom. The summed E-state index contributed by atoms with van der Waals surface area (Å²) in [6.07, 6.45) is 11.0. The Morgan fingerprint density at radius 1 is 1.00 bits per heavy atom. The van der Waals surface area contributed by atoms with E-state index < -0.39 is 0 Å². The molecular weight excluding hydrogens is 272 g/mol. The third-order valence-corrected chi connectivity index (χ3v) is 8.48. The van der Waals surface area contributed by atoms with E-state index >= 15 is 0 Å². The minimum atomic E-state index is -0.232. The monoisotopic (exact) mass is 304 g/mol. The highest BCUT2D eigenvalue weighted by Crippen LogP contribution is 2.66. The van der Waals surface area contributed by atoms with Gasteiger partial charge in [0.15, 0.2) is 0 Å². The van der Waals surface area contributed by atoms with Crippen molar-refractivity contribution in [2.45, 2.75) is 71.5 Å². The molecule has 2 N–H and O–H groups in total. The first kappa shape index (κ1) is 15.2. The fraction of sp³-hybridized carbons (Fsp3) is 0.900. The number of rotatable bonds is 0. The number of aliphatic hydroxyl groups is 2. The molecule has 4 rings (SSSR count). The van der Waals surface area contributed by atoms with E-state index in [9.17, 15) is 10.2 Å². The van der Waals surface area contributed by atoms with Crippen molar-refractivity contribution in [2.24, 2.45) is 40.4 Å². The van der Waals surface area contributed by atoms with Crippen molar-refractivity contribution in [1.82, 2.24) is 0 Å². The average Bonchev–Trinajstić information content (AvgIpc) is 2.77. The smallest absolute Gasteiger partial charge is 0.0724 e. The molecule has 2 nitrogen and oxygen atoms in total. The molecule has 3 saturated carbocycles. The van der Waals surface area contributed by atoms with Gasteiger partial charge in [-0.2, -0.15) is 0 Å². The van der Waals surface area contributed by atoms with E-state index in [4.69, 9.17) is 0 Å². The second kappa shape index (κ2) is 4.83. The van der Waals surface area contributed by atoms with Gasteiger partial charge in [-0.05, 0) is 78.9 Å². The lowest BCUT2D eigenvalue weighted by Crippen LogP contribution is -2.55. The minimum absolute atomic E-state index is 0.0834. The van der Waals surface area contributed by atoms with Gasteiger partial charge in [0, 0.05) is 0 Å². The van der Waals surface area contributed by atoms with Crippen LogP contribution in [0, 0.1) is 40.4 Å². The van der Waals surface area contributed by atoms with Crippen LogP contribution in [0.4, 0.5) is 0 Å². The Bertz CT molecular complexity index is 486. The van der Waals surface area contributed by atoms with Gasteiger partial charge in [-0.3, -0.25) is 0 Å². The maximum atomic E-state index is 10.5. The average molecular weight is 304 g/mol. The third-order valence-electron chi connectivity index (χ3n) is 8.48. The number of aliphatic hydroxyl groups excluding tert-OH is 2. The molecule has 1 unspecified atom stereocenters. The van der Waals surface area contributed by atoms with Gasteiger partial charge in [-0.25, -0.2) is 0 Å². The van der Waals surface area contributed by atoms with Crippen molar-refractivity contribution < 1.29 is 10.2 Å². The molecule has 3 fully saturated rings. The predicted octanol–water partition coefficient (Wildman–Crippen LogP) is 3.77. The van der Waals surface area contributed by atoms with E-state index in [1.165, 1.54) is 25.7 Å². The van der Waals surface area contributed by atoms with E-state index in [-0.39, 0.29) is 23.0 Å². The fourth-order valence-electron chi connectivity index (χ4n) is 7.15. The van der Waals surface area contributed by atoms with Crippen molar-refractivity contribution in [3.63, 3.8) is 0 Å². The summed E-state index contributed by atoms with van der Waals surface area (Å²) in [7, 11) is 0. The highest BCUT2D eigenvalue weighted by atomic mass is 16.3.